The lowest BCUT2D eigenvalue weighted by atomic mass is 9.72. The molecule has 0 unspecified atom stereocenters. The first-order chi connectivity index (χ1) is 15.2. The van der Waals surface area contributed by atoms with Gasteiger partial charge in [-0.1, -0.05) is 50.0 Å². The Morgan fingerprint density at radius 2 is 2.12 bits per heavy atom. The van der Waals surface area contributed by atoms with E-state index in [0.717, 1.165) is 30.4 Å². The predicted molar refractivity (Wildman–Crippen MR) is 133 cm³/mol. The Bertz CT molecular complexity index is 1140. The van der Waals surface area contributed by atoms with E-state index in [1.807, 2.05) is 18.2 Å². The van der Waals surface area contributed by atoms with Gasteiger partial charge in [0, 0.05) is 21.7 Å². The predicted octanol–water partition coefficient (Wildman–Crippen LogP) is 7.48. The number of rotatable bonds is 5. The molecule has 1 aromatic carbocycles. The minimum absolute atomic E-state index is 0.123. The number of nitrogens with one attached hydrogen (secondary N) is 1. The topological polar surface area (TPSA) is 54.6 Å². The van der Waals surface area contributed by atoms with Crippen LogP contribution in [0.2, 0.25) is 10.0 Å². The maximum absolute atomic E-state index is 13.2. The highest BCUT2D eigenvalue weighted by Gasteiger charge is 2.33. The summed E-state index contributed by atoms with van der Waals surface area (Å²) in [5.41, 5.74) is 2.79. The summed E-state index contributed by atoms with van der Waals surface area (Å²) in [6.07, 6.45) is 6.23. The summed E-state index contributed by atoms with van der Waals surface area (Å²) in [4.78, 5) is 19.2. The maximum atomic E-state index is 13.2. The summed E-state index contributed by atoms with van der Waals surface area (Å²) in [7, 11) is 0. The van der Waals surface area contributed by atoms with Gasteiger partial charge in [-0.15, -0.1) is 11.3 Å². The van der Waals surface area contributed by atoms with Crippen LogP contribution in [0.15, 0.2) is 46.0 Å². The zero-order chi connectivity index (χ0) is 22.9. The summed E-state index contributed by atoms with van der Waals surface area (Å²) in [5, 5.41) is 4.81. The third kappa shape index (κ3) is 5.11. The fourth-order valence-corrected chi connectivity index (χ4v) is 5.77. The van der Waals surface area contributed by atoms with Crippen LogP contribution >= 0.6 is 34.5 Å². The van der Waals surface area contributed by atoms with Crippen molar-refractivity contribution in [3.63, 3.8) is 0 Å². The summed E-state index contributed by atoms with van der Waals surface area (Å²) in [6, 6.07) is 8.95. The summed E-state index contributed by atoms with van der Waals surface area (Å²) < 4.78 is 5.36. The molecule has 32 heavy (non-hydrogen) atoms. The summed E-state index contributed by atoms with van der Waals surface area (Å²) >= 11 is 13.9. The quantitative estimate of drug-likeness (QED) is 0.378. The van der Waals surface area contributed by atoms with Crippen molar-refractivity contribution in [2.45, 2.75) is 46.6 Å². The number of furan rings is 1. The Balaban J connectivity index is 1.67. The molecule has 0 spiro atoms. The van der Waals surface area contributed by atoms with Crippen molar-refractivity contribution in [2.75, 3.05) is 0 Å². The van der Waals surface area contributed by atoms with Gasteiger partial charge in [-0.2, -0.15) is 0 Å². The van der Waals surface area contributed by atoms with E-state index in [4.69, 9.17) is 32.6 Å². The lowest BCUT2D eigenvalue weighted by Gasteiger charge is -2.33. The highest BCUT2D eigenvalue weighted by atomic mass is 35.5. The number of fused-ring (bicyclic) bond motifs is 1. The molecule has 1 N–H and O–H groups in total. The standard InChI is InChI=1S/C25H26Cl2N2O2S/c1-25(2,3)16-7-9-19-21(11-16)32-24(29-13-15-6-8-17(26)12-20(15)27)22(19)23(30)28-14-18-5-4-10-31-18/h4-6,8,10,12-13,16H,7,9,11,14H2,1-3H3,(H,28,30)/t16-/m0/s1. The molecule has 0 aliphatic heterocycles. The van der Waals surface area contributed by atoms with Crippen molar-refractivity contribution in [2.24, 2.45) is 16.3 Å². The first kappa shape index (κ1) is 23.1. The van der Waals surface area contributed by atoms with Gasteiger partial charge in [0.25, 0.3) is 5.91 Å². The third-order valence-electron chi connectivity index (χ3n) is 5.99. The molecule has 0 saturated carbocycles. The molecular formula is C25H26Cl2N2O2S. The smallest absolute Gasteiger partial charge is 0.255 e. The largest absolute Gasteiger partial charge is 0.467 e. The molecule has 0 fully saturated rings. The van der Waals surface area contributed by atoms with Crippen LogP contribution in [0.3, 0.4) is 0 Å². The van der Waals surface area contributed by atoms with Crippen LogP contribution in [0.1, 0.15) is 59.3 Å². The Labute approximate surface area is 202 Å². The average Bonchev–Trinajstić information content (AvgIpc) is 3.37. The van der Waals surface area contributed by atoms with Gasteiger partial charge in [0.05, 0.1) is 23.4 Å². The Morgan fingerprint density at radius 1 is 1.31 bits per heavy atom. The zero-order valence-electron chi connectivity index (χ0n) is 18.4. The minimum atomic E-state index is -0.123. The van der Waals surface area contributed by atoms with Crippen molar-refractivity contribution in [3.8, 4) is 0 Å². The number of carbonyl (C=O) groups is 1. The normalized spacial score (nSPS) is 16.3. The number of hydrogen-bond donors (Lipinski definition) is 1. The molecule has 2 heterocycles. The van der Waals surface area contributed by atoms with Crippen molar-refractivity contribution >= 4 is 51.7 Å². The Morgan fingerprint density at radius 3 is 2.81 bits per heavy atom. The van der Waals surface area contributed by atoms with E-state index in [9.17, 15) is 4.79 Å². The van der Waals surface area contributed by atoms with Crippen LogP contribution in [0, 0.1) is 11.3 Å². The number of benzene rings is 1. The van der Waals surface area contributed by atoms with E-state index in [1.165, 1.54) is 4.88 Å². The number of hydrogen-bond acceptors (Lipinski definition) is 4. The van der Waals surface area contributed by atoms with Crippen LogP contribution in [-0.4, -0.2) is 12.1 Å². The first-order valence-corrected chi connectivity index (χ1v) is 12.2. The number of carbonyl (C=O) groups excluding carboxylic acids is 1. The van der Waals surface area contributed by atoms with E-state index in [2.05, 4.69) is 26.1 Å². The molecule has 0 saturated heterocycles. The molecule has 168 valence electrons. The minimum Gasteiger partial charge on any atom is -0.467 e. The van der Waals surface area contributed by atoms with E-state index in [1.54, 1.807) is 35.9 Å². The number of halogens is 2. The van der Waals surface area contributed by atoms with Crippen molar-refractivity contribution in [3.05, 3.63) is 74.0 Å². The molecule has 0 bridgehead atoms. The monoisotopic (exact) mass is 488 g/mol. The maximum Gasteiger partial charge on any atom is 0.255 e. The van der Waals surface area contributed by atoms with Crippen LogP contribution < -0.4 is 5.32 Å². The van der Waals surface area contributed by atoms with Crippen molar-refractivity contribution in [1.82, 2.24) is 5.32 Å². The highest BCUT2D eigenvalue weighted by Crippen LogP contribution is 2.45. The van der Waals surface area contributed by atoms with Crippen LogP contribution in [0.25, 0.3) is 0 Å². The Kier molecular flexibility index (Phi) is 6.80. The first-order valence-electron chi connectivity index (χ1n) is 10.7. The lowest BCUT2D eigenvalue weighted by molar-refractivity contribution is 0.0947. The second kappa shape index (κ2) is 9.42. The van der Waals surface area contributed by atoms with E-state index >= 15 is 0 Å². The molecular weight excluding hydrogens is 463 g/mol. The second-order valence-corrected chi connectivity index (χ2v) is 11.1. The van der Waals surface area contributed by atoms with Gasteiger partial charge >= 0.3 is 0 Å². The fourth-order valence-electron chi connectivity index (χ4n) is 4.04. The molecule has 4 rings (SSSR count). The molecule has 1 amide bonds. The second-order valence-electron chi connectivity index (χ2n) is 9.18. The third-order valence-corrected chi connectivity index (χ3v) is 7.71. The van der Waals surface area contributed by atoms with Gasteiger partial charge in [-0.05, 0) is 60.4 Å². The number of thiophene rings is 1. The lowest BCUT2D eigenvalue weighted by Crippen LogP contribution is -2.28. The average molecular weight is 489 g/mol. The van der Waals surface area contributed by atoms with E-state index < -0.39 is 0 Å². The fraction of sp³-hybridized carbons (Fsp3) is 0.360. The molecule has 3 aromatic rings. The van der Waals surface area contributed by atoms with Gasteiger partial charge in [0.1, 0.15) is 10.8 Å². The number of nitrogens with zero attached hydrogens (tertiary/aromatic N) is 1. The molecule has 1 atom stereocenters. The Hall–Kier alpha value is -2.08. The molecule has 0 radical (unpaired) electrons. The highest BCUT2D eigenvalue weighted by molar-refractivity contribution is 7.16. The summed E-state index contributed by atoms with van der Waals surface area (Å²) in [6.45, 7) is 7.20. The van der Waals surface area contributed by atoms with Gasteiger partial charge in [-0.25, -0.2) is 4.99 Å². The van der Waals surface area contributed by atoms with Crippen LogP contribution in [-0.2, 0) is 19.4 Å². The van der Waals surface area contributed by atoms with Gasteiger partial charge in [-0.3, -0.25) is 4.79 Å². The summed E-state index contributed by atoms with van der Waals surface area (Å²) in [5.74, 6) is 1.17. The SMILES string of the molecule is CC(C)(C)[C@H]1CCc2c(sc(N=Cc3ccc(Cl)cc3Cl)c2C(=O)NCc2ccco2)C1. The van der Waals surface area contributed by atoms with Gasteiger partial charge in [0.2, 0.25) is 0 Å². The number of aliphatic imine (C=N–C) groups is 1. The number of amides is 1. The van der Waals surface area contributed by atoms with Crippen LogP contribution in [0.4, 0.5) is 5.00 Å². The van der Waals surface area contributed by atoms with Crippen LogP contribution in [0.5, 0.6) is 0 Å². The molecule has 1 aliphatic rings. The van der Waals surface area contributed by atoms with Crippen molar-refractivity contribution in [1.29, 1.82) is 0 Å². The van der Waals surface area contributed by atoms with Gasteiger partial charge < -0.3 is 9.73 Å². The van der Waals surface area contributed by atoms with E-state index in [-0.39, 0.29) is 11.3 Å². The molecule has 1 aliphatic carbocycles. The molecule has 2 aromatic heterocycles. The molecule has 7 heteroatoms. The van der Waals surface area contributed by atoms with E-state index in [0.29, 0.717) is 38.8 Å². The zero-order valence-corrected chi connectivity index (χ0v) is 20.7. The molecule has 4 nitrogen and oxygen atoms in total. The van der Waals surface area contributed by atoms with Crippen molar-refractivity contribution < 1.29 is 9.21 Å². The van der Waals surface area contributed by atoms with Gasteiger partial charge in [0.15, 0.2) is 0 Å².